The lowest BCUT2D eigenvalue weighted by molar-refractivity contribution is -0.138. The second-order valence-corrected chi connectivity index (χ2v) is 4.26. The molecule has 0 saturated heterocycles. The third-order valence-electron chi connectivity index (χ3n) is 2.16. The van der Waals surface area contributed by atoms with Crippen LogP contribution in [0, 0.1) is 0 Å². The van der Waals surface area contributed by atoms with Crippen molar-refractivity contribution in [3.8, 4) is 0 Å². The topological polar surface area (TPSA) is 26.0 Å². The second kappa shape index (κ2) is 5.25. The standard InChI is InChI=1S/C10H10Cl2F3N/c11-7-1-2-9(12)8(3-7)6(5-16)4-10(13,14)15/h1-3,6H,4-5,16H2. The van der Waals surface area contributed by atoms with Crippen LogP contribution < -0.4 is 5.73 Å². The smallest absolute Gasteiger partial charge is 0.330 e. The highest BCUT2D eigenvalue weighted by atomic mass is 35.5. The summed E-state index contributed by atoms with van der Waals surface area (Å²) in [6, 6.07) is 4.42. The van der Waals surface area contributed by atoms with E-state index in [4.69, 9.17) is 28.9 Å². The number of alkyl halides is 3. The molecule has 0 heterocycles. The molecule has 1 aromatic carbocycles. The van der Waals surface area contributed by atoms with Gasteiger partial charge in [-0.15, -0.1) is 0 Å². The Hall–Kier alpha value is -0.450. The van der Waals surface area contributed by atoms with E-state index in [1.165, 1.54) is 18.2 Å². The van der Waals surface area contributed by atoms with Crippen LogP contribution in [0.1, 0.15) is 17.9 Å². The van der Waals surface area contributed by atoms with Gasteiger partial charge < -0.3 is 5.73 Å². The van der Waals surface area contributed by atoms with Gasteiger partial charge >= 0.3 is 6.18 Å². The highest BCUT2D eigenvalue weighted by molar-refractivity contribution is 6.33. The summed E-state index contributed by atoms with van der Waals surface area (Å²) in [7, 11) is 0. The molecule has 0 spiro atoms. The summed E-state index contributed by atoms with van der Waals surface area (Å²) in [5.41, 5.74) is 5.67. The van der Waals surface area contributed by atoms with E-state index in [2.05, 4.69) is 0 Å². The van der Waals surface area contributed by atoms with Crippen molar-refractivity contribution in [3.05, 3.63) is 33.8 Å². The van der Waals surface area contributed by atoms with E-state index in [-0.39, 0.29) is 11.6 Å². The van der Waals surface area contributed by atoms with E-state index in [1.807, 2.05) is 0 Å². The van der Waals surface area contributed by atoms with Gasteiger partial charge in [-0.1, -0.05) is 23.2 Å². The van der Waals surface area contributed by atoms with E-state index in [0.717, 1.165) is 0 Å². The Morgan fingerprint density at radius 1 is 1.25 bits per heavy atom. The van der Waals surface area contributed by atoms with E-state index < -0.39 is 18.5 Å². The molecule has 0 fully saturated rings. The van der Waals surface area contributed by atoms with Crippen molar-refractivity contribution in [2.45, 2.75) is 18.5 Å². The molecule has 1 rings (SSSR count). The molecule has 0 saturated carbocycles. The SMILES string of the molecule is NCC(CC(F)(F)F)c1cc(Cl)ccc1Cl. The first-order valence-corrected chi connectivity index (χ1v) is 5.31. The second-order valence-electron chi connectivity index (χ2n) is 3.42. The average Bonchev–Trinajstić information content (AvgIpc) is 2.17. The van der Waals surface area contributed by atoms with Crippen molar-refractivity contribution in [2.24, 2.45) is 5.73 Å². The number of benzene rings is 1. The summed E-state index contributed by atoms with van der Waals surface area (Å²) in [6.45, 7) is -0.125. The van der Waals surface area contributed by atoms with Crippen molar-refractivity contribution in [1.29, 1.82) is 0 Å². The van der Waals surface area contributed by atoms with Crippen molar-refractivity contribution < 1.29 is 13.2 Å². The summed E-state index contributed by atoms with van der Waals surface area (Å²) in [6.07, 6.45) is -5.26. The molecule has 1 aromatic rings. The molecule has 1 nitrogen and oxygen atoms in total. The molecule has 0 aliphatic carbocycles. The lowest BCUT2D eigenvalue weighted by Crippen LogP contribution is -2.20. The van der Waals surface area contributed by atoms with Gasteiger partial charge in [0, 0.05) is 16.0 Å². The number of hydrogen-bond donors (Lipinski definition) is 1. The van der Waals surface area contributed by atoms with Crippen LogP contribution in [0.3, 0.4) is 0 Å². The summed E-state index contributed by atoms with van der Waals surface area (Å²) in [5, 5.41) is 0.601. The first-order valence-electron chi connectivity index (χ1n) is 4.55. The zero-order chi connectivity index (χ0) is 12.3. The molecule has 90 valence electrons. The van der Waals surface area contributed by atoms with Gasteiger partial charge in [0.2, 0.25) is 0 Å². The number of halogens is 5. The van der Waals surface area contributed by atoms with Gasteiger partial charge in [0.05, 0.1) is 6.42 Å². The van der Waals surface area contributed by atoms with Gasteiger partial charge in [-0.2, -0.15) is 13.2 Å². The molecule has 0 bridgehead atoms. The largest absolute Gasteiger partial charge is 0.389 e. The van der Waals surface area contributed by atoms with Crippen LogP contribution in [0.5, 0.6) is 0 Å². The minimum Gasteiger partial charge on any atom is -0.330 e. The van der Waals surface area contributed by atoms with E-state index in [0.29, 0.717) is 10.6 Å². The van der Waals surface area contributed by atoms with E-state index in [9.17, 15) is 13.2 Å². The van der Waals surface area contributed by atoms with Crippen LogP contribution in [0.25, 0.3) is 0 Å². The van der Waals surface area contributed by atoms with Crippen molar-refractivity contribution in [2.75, 3.05) is 6.54 Å². The molecular formula is C10H10Cl2F3N. The monoisotopic (exact) mass is 271 g/mol. The summed E-state index contributed by atoms with van der Waals surface area (Å²) in [5.74, 6) is -0.855. The van der Waals surface area contributed by atoms with Crippen LogP contribution >= 0.6 is 23.2 Å². The molecule has 2 N–H and O–H groups in total. The summed E-state index contributed by atoms with van der Waals surface area (Å²) < 4.78 is 36.8. The van der Waals surface area contributed by atoms with Gasteiger partial charge in [0.15, 0.2) is 0 Å². The van der Waals surface area contributed by atoms with Gasteiger partial charge in [0.25, 0.3) is 0 Å². The van der Waals surface area contributed by atoms with Crippen molar-refractivity contribution in [1.82, 2.24) is 0 Å². The molecule has 0 amide bonds. The molecule has 16 heavy (non-hydrogen) atoms. The predicted octanol–water partition coefficient (Wildman–Crippen LogP) is 3.99. The third-order valence-corrected chi connectivity index (χ3v) is 2.74. The van der Waals surface area contributed by atoms with Gasteiger partial charge in [-0.05, 0) is 30.3 Å². The fraction of sp³-hybridized carbons (Fsp3) is 0.400. The molecule has 0 aromatic heterocycles. The number of rotatable bonds is 3. The third kappa shape index (κ3) is 3.85. The Morgan fingerprint density at radius 2 is 1.88 bits per heavy atom. The normalized spacial score (nSPS) is 13.9. The highest BCUT2D eigenvalue weighted by Crippen LogP contribution is 2.35. The summed E-state index contributed by atoms with van der Waals surface area (Å²) in [4.78, 5) is 0. The lowest BCUT2D eigenvalue weighted by atomic mass is 9.95. The van der Waals surface area contributed by atoms with Crippen LogP contribution in [0.4, 0.5) is 13.2 Å². The quantitative estimate of drug-likeness (QED) is 0.884. The molecule has 0 aliphatic rings. The summed E-state index contributed by atoms with van der Waals surface area (Å²) >= 11 is 11.5. The van der Waals surface area contributed by atoms with Crippen LogP contribution in [-0.4, -0.2) is 12.7 Å². The highest BCUT2D eigenvalue weighted by Gasteiger charge is 2.32. The van der Waals surface area contributed by atoms with Crippen molar-refractivity contribution in [3.63, 3.8) is 0 Å². The van der Waals surface area contributed by atoms with E-state index >= 15 is 0 Å². The van der Waals surface area contributed by atoms with Gasteiger partial charge in [-0.3, -0.25) is 0 Å². The molecular weight excluding hydrogens is 262 g/mol. The van der Waals surface area contributed by atoms with Crippen LogP contribution in [-0.2, 0) is 0 Å². The maximum atomic E-state index is 12.3. The Balaban J connectivity index is 2.99. The maximum Gasteiger partial charge on any atom is 0.389 e. The average molecular weight is 272 g/mol. The Morgan fingerprint density at radius 3 is 2.38 bits per heavy atom. The number of hydrogen-bond acceptors (Lipinski definition) is 1. The predicted molar refractivity (Wildman–Crippen MR) is 58.9 cm³/mol. The fourth-order valence-corrected chi connectivity index (χ4v) is 1.88. The molecule has 1 unspecified atom stereocenters. The fourth-order valence-electron chi connectivity index (χ4n) is 1.43. The first-order chi connectivity index (χ1) is 7.33. The van der Waals surface area contributed by atoms with Crippen LogP contribution in [0.15, 0.2) is 18.2 Å². The van der Waals surface area contributed by atoms with Crippen LogP contribution in [0.2, 0.25) is 10.0 Å². The Labute approximate surface area is 101 Å². The van der Waals surface area contributed by atoms with Crippen molar-refractivity contribution >= 4 is 23.2 Å². The number of nitrogens with two attached hydrogens (primary N) is 1. The molecule has 0 aliphatic heterocycles. The lowest BCUT2D eigenvalue weighted by Gasteiger charge is -2.18. The van der Waals surface area contributed by atoms with Gasteiger partial charge in [0.1, 0.15) is 0 Å². The minimum absolute atomic E-state index is 0.125. The van der Waals surface area contributed by atoms with Gasteiger partial charge in [-0.25, -0.2) is 0 Å². The molecule has 0 radical (unpaired) electrons. The Bertz CT molecular complexity index is 366. The maximum absolute atomic E-state index is 12.3. The molecule has 6 heteroatoms. The minimum atomic E-state index is -4.27. The Kier molecular flexibility index (Phi) is 4.47. The zero-order valence-electron chi connectivity index (χ0n) is 8.19. The zero-order valence-corrected chi connectivity index (χ0v) is 9.70. The first kappa shape index (κ1) is 13.6. The van der Waals surface area contributed by atoms with E-state index in [1.54, 1.807) is 0 Å². The molecule has 1 atom stereocenters.